The van der Waals surface area contributed by atoms with Crippen LogP contribution < -0.4 is 5.73 Å². The topological polar surface area (TPSA) is 79.4 Å². The molecule has 1 atom stereocenters. The lowest BCUT2D eigenvalue weighted by Crippen LogP contribution is -2.18. The lowest BCUT2D eigenvalue weighted by Gasteiger charge is -2.08. The molecule has 106 valence electrons. The number of carbonyl (C=O) groups is 1. The summed E-state index contributed by atoms with van der Waals surface area (Å²) in [6.07, 6.45) is 1.56. The van der Waals surface area contributed by atoms with Crippen molar-refractivity contribution in [2.75, 3.05) is 19.5 Å². The molecule has 0 bridgehead atoms. The Bertz CT molecular complexity index is 578. The van der Waals surface area contributed by atoms with E-state index in [0.717, 1.165) is 5.69 Å². The summed E-state index contributed by atoms with van der Waals surface area (Å²) in [4.78, 5) is 11.8. The number of esters is 1. The van der Waals surface area contributed by atoms with Gasteiger partial charge in [-0.15, -0.1) is 0 Å². The maximum absolute atomic E-state index is 11.8. The van der Waals surface area contributed by atoms with Crippen molar-refractivity contribution >= 4 is 11.7 Å². The minimum atomic E-state index is -0.469. The molecule has 1 unspecified atom stereocenters. The standard InChI is InChI=1S/C14H17N3O3/c1-10(19-2)9-20-14(18)13-7-8-17(16-13)12-5-3-11(15)4-6-12/h3-8,10H,9,15H2,1-2H3. The van der Waals surface area contributed by atoms with Crippen LogP contribution in [0.3, 0.4) is 0 Å². The van der Waals surface area contributed by atoms with Gasteiger partial charge in [0.2, 0.25) is 0 Å². The Morgan fingerprint density at radius 2 is 2.05 bits per heavy atom. The first-order valence-electron chi connectivity index (χ1n) is 6.21. The van der Waals surface area contributed by atoms with Crippen LogP contribution in [0.4, 0.5) is 5.69 Å². The van der Waals surface area contributed by atoms with Crippen molar-refractivity contribution in [1.29, 1.82) is 0 Å². The van der Waals surface area contributed by atoms with E-state index >= 15 is 0 Å². The van der Waals surface area contributed by atoms with Crippen LogP contribution in [0.1, 0.15) is 17.4 Å². The average molecular weight is 275 g/mol. The van der Waals surface area contributed by atoms with Crippen molar-refractivity contribution in [3.63, 3.8) is 0 Å². The van der Waals surface area contributed by atoms with E-state index in [1.165, 1.54) is 0 Å². The molecular formula is C14H17N3O3. The molecule has 0 aliphatic rings. The Balaban J connectivity index is 2.05. The molecule has 0 saturated heterocycles. The van der Waals surface area contributed by atoms with Gasteiger partial charge in [-0.2, -0.15) is 5.10 Å². The number of benzene rings is 1. The van der Waals surface area contributed by atoms with Crippen molar-refractivity contribution < 1.29 is 14.3 Å². The van der Waals surface area contributed by atoms with Gasteiger partial charge in [-0.25, -0.2) is 9.48 Å². The summed E-state index contributed by atoms with van der Waals surface area (Å²) in [6.45, 7) is 2.02. The highest BCUT2D eigenvalue weighted by atomic mass is 16.6. The summed E-state index contributed by atoms with van der Waals surface area (Å²) in [5.74, 6) is -0.469. The summed E-state index contributed by atoms with van der Waals surface area (Å²) < 4.78 is 11.7. The first-order chi connectivity index (χ1) is 9.60. The highest BCUT2D eigenvalue weighted by Crippen LogP contribution is 2.11. The quantitative estimate of drug-likeness (QED) is 0.663. The van der Waals surface area contributed by atoms with E-state index in [2.05, 4.69) is 5.10 Å². The van der Waals surface area contributed by atoms with Crippen molar-refractivity contribution in [2.24, 2.45) is 0 Å². The number of nitrogen functional groups attached to an aromatic ring is 1. The van der Waals surface area contributed by atoms with Crippen LogP contribution in [-0.4, -0.2) is 35.6 Å². The molecule has 2 rings (SSSR count). The summed E-state index contributed by atoms with van der Waals surface area (Å²) in [6, 6.07) is 8.80. The van der Waals surface area contributed by atoms with Crippen LogP contribution >= 0.6 is 0 Å². The molecule has 2 aromatic rings. The van der Waals surface area contributed by atoms with Gasteiger partial charge in [0.25, 0.3) is 0 Å². The van der Waals surface area contributed by atoms with E-state index in [4.69, 9.17) is 15.2 Å². The molecule has 0 amide bonds. The summed E-state index contributed by atoms with van der Waals surface area (Å²) in [7, 11) is 1.56. The summed E-state index contributed by atoms with van der Waals surface area (Å²) in [5, 5.41) is 4.17. The molecule has 1 heterocycles. The highest BCUT2D eigenvalue weighted by molar-refractivity contribution is 5.87. The number of anilines is 1. The zero-order valence-electron chi connectivity index (χ0n) is 11.4. The van der Waals surface area contributed by atoms with E-state index < -0.39 is 5.97 Å². The molecule has 6 heteroatoms. The molecule has 0 fully saturated rings. The van der Waals surface area contributed by atoms with Crippen LogP contribution in [-0.2, 0) is 9.47 Å². The third-order valence-electron chi connectivity index (χ3n) is 2.81. The van der Waals surface area contributed by atoms with E-state index in [1.807, 2.05) is 19.1 Å². The maximum Gasteiger partial charge on any atom is 0.358 e. The van der Waals surface area contributed by atoms with Gasteiger partial charge >= 0.3 is 5.97 Å². The van der Waals surface area contributed by atoms with Gasteiger partial charge in [0.05, 0.1) is 11.8 Å². The molecular weight excluding hydrogens is 258 g/mol. The van der Waals surface area contributed by atoms with Crippen LogP contribution in [0.15, 0.2) is 36.5 Å². The fourth-order valence-corrected chi connectivity index (χ4v) is 1.54. The maximum atomic E-state index is 11.8. The third kappa shape index (κ3) is 3.36. The highest BCUT2D eigenvalue weighted by Gasteiger charge is 2.13. The number of methoxy groups -OCH3 is 1. The Hall–Kier alpha value is -2.34. The van der Waals surface area contributed by atoms with Crippen molar-refractivity contribution in [1.82, 2.24) is 9.78 Å². The molecule has 0 saturated carbocycles. The van der Waals surface area contributed by atoms with Crippen molar-refractivity contribution in [3.05, 3.63) is 42.2 Å². The third-order valence-corrected chi connectivity index (χ3v) is 2.81. The minimum absolute atomic E-state index is 0.141. The average Bonchev–Trinajstić information content (AvgIpc) is 2.95. The fourth-order valence-electron chi connectivity index (χ4n) is 1.54. The Morgan fingerprint density at radius 1 is 1.35 bits per heavy atom. The lowest BCUT2D eigenvalue weighted by molar-refractivity contribution is 0.0164. The Kier molecular flexibility index (Phi) is 4.37. The molecule has 6 nitrogen and oxygen atoms in total. The fraction of sp³-hybridized carbons (Fsp3) is 0.286. The number of nitrogens with two attached hydrogens (primary N) is 1. The molecule has 2 N–H and O–H groups in total. The Labute approximate surface area is 117 Å². The second kappa shape index (κ2) is 6.21. The monoisotopic (exact) mass is 275 g/mol. The first-order valence-corrected chi connectivity index (χ1v) is 6.21. The van der Waals surface area contributed by atoms with Crippen molar-refractivity contribution in [2.45, 2.75) is 13.0 Å². The predicted octanol–water partition coefficient (Wildman–Crippen LogP) is 1.65. The smallest absolute Gasteiger partial charge is 0.358 e. The molecule has 0 aliphatic carbocycles. The Morgan fingerprint density at radius 3 is 2.70 bits per heavy atom. The number of aromatic nitrogens is 2. The summed E-state index contributed by atoms with van der Waals surface area (Å²) >= 11 is 0. The molecule has 0 radical (unpaired) electrons. The van der Waals surface area contributed by atoms with Crippen LogP contribution in [0.5, 0.6) is 0 Å². The molecule has 0 spiro atoms. The van der Waals surface area contributed by atoms with Gasteiger partial charge in [-0.05, 0) is 37.3 Å². The van der Waals surface area contributed by atoms with Crippen LogP contribution in [0.25, 0.3) is 5.69 Å². The molecule has 0 aliphatic heterocycles. The molecule has 1 aromatic carbocycles. The zero-order chi connectivity index (χ0) is 14.5. The number of ether oxygens (including phenoxy) is 2. The van der Waals surface area contributed by atoms with Gasteiger partial charge in [0.15, 0.2) is 5.69 Å². The van der Waals surface area contributed by atoms with E-state index in [1.54, 1.807) is 36.2 Å². The van der Waals surface area contributed by atoms with E-state index in [9.17, 15) is 4.79 Å². The first kappa shape index (κ1) is 14.1. The zero-order valence-corrected chi connectivity index (χ0v) is 11.4. The van der Waals surface area contributed by atoms with Crippen LogP contribution in [0.2, 0.25) is 0 Å². The normalized spacial score (nSPS) is 12.1. The van der Waals surface area contributed by atoms with Gasteiger partial charge in [0.1, 0.15) is 6.61 Å². The number of hydrogen-bond acceptors (Lipinski definition) is 5. The molecule has 20 heavy (non-hydrogen) atoms. The van der Waals surface area contributed by atoms with E-state index in [-0.39, 0.29) is 18.4 Å². The number of rotatable bonds is 5. The van der Waals surface area contributed by atoms with Gasteiger partial charge in [-0.3, -0.25) is 0 Å². The van der Waals surface area contributed by atoms with E-state index in [0.29, 0.717) is 5.69 Å². The SMILES string of the molecule is COC(C)COC(=O)c1ccn(-c2ccc(N)cc2)n1. The number of nitrogens with zero attached hydrogens (tertiary/aromatic N) is 2. The minimum Gasteiger partial charge on any atom is -0.458 e. The molecule has 1 aromatic heterocycles. The lowest BCUT2D eigenvalue weighted by atomic mass is 10.3. The van der Waals surface area contributed by atoms with Crippen molar-refractivity contribution in [3.8, 4) is 5.69 Å². The predicted molar refractivity (Wildman–Crippen MR) is 74.7 cm³/mol. The second-order valence-corrected chi connectivity index (χ2v) is 4.38. The van der Waals surface area contributed by atoms with Gasteiger partial charge in [-0.1, -0.05) is 0 Å². The number of hydrogen-bond donors (Lipinski definition) is 1. The van der Waals surface area contributed by atoms with Gasteiger partial charge < -0.3 is 15.2 Å². The summed E-state index contributed by atoms with van der Waals surface area (Å²) in [5.41, 5.74) is 7.38. The van der Waals surface area contributed by atoms with Crippen LogP contribution in [0, 0.1) is 0 Å². The second-order valence-electron chi connectivity index (χ2n) is 4.38. The number of carbonyl (C=O) groups excluding carboxylic acids is 1. The van der Waals surface area contributed by atoms with Gasteiger partial charge in [0, 0.05) is 19.0 Å². The largest absolute Gasteiger partial charge is 0.458 e.